The number of nitrogens with one attached hydrogen (secondary N) is 1. The second kappa shape index (κ2) is 5.56. The van der Waals surface area contributed by atoms with Crippen LogP contribution in [0.4, 0.5) is 0 Å². The number of thiocarbonyl (C=S) groups is 1. The summed E-state index contributed by atoms with van der Waals surface area (Å²) < 4.78 is 27.2. The zero-order valence-electron chi connectivity index (χ0n) is 10.8. The van der Waals surface area contributed by atoms with Crippen molar-refractivity contribution in [2.45, 2.75) is 24.7 Å². The number of sulfonamides is 1. The van der Waals surface area contributed by atoms with Gasteiger partial charge in [0.15, 0.2) is 0 Å². The molecule has 0 bridgehead atoms. The van der Waals surface area contributed by atoms with E-state index in [0.717, 1.165) is 0 Å². The first kappa shape index (κ1) is 14.4. The lowest BCUT2D eigenvalue weighted by atomic mass is 10.1. The largest absolute Gasteiger partial charge is 0.389 e. The van der Waals surface area contributed by atoms with E-state index in [-0.39, 0.29) is 9.88 Å². The van der Waals surface area contributed by atoms with Crippen molar-refractivity contribution in [2.24, 2.45) is 17.6 Å². The topological polar surface area (TPSA) is 72.2 Å². The number of rotatable bonds is 6. The van der Waals surface area contributed by atoms with Gasteiger partial charge in [-0.15, -0.1) is 0 Å². The van der Waals surface area contributed by atoms with E-state index < -0.39 is 10.0 Å². The van der Waals surface area contributed by atoms with Crippen LogP contribution in [0.25, 0.3) is 0 Å². The zero-order valence-corrected chi connectivity index (χ0v) is 12.4. The molecule has 0 spiro atoms. The highest BCUT2D eigenvalue weighted by Crippen LogP contribution is 2.36. The highest BCUT2D eigenvalue weighted by atomic mass is 32.2. The first-order valence-electron chi connectivity index (χ1n) is 6.30. The predicted octanol–water partition coefficient (Wildman–Crippen LogP) is 1.65. The van der Waals surface area contributed by atoms with Crippen LogP contribution in [0, 0.1) is 11.8 Å². The fourth-order valence-electron chi connectivity index (χ4n) is 2.06. The summed E-state index contributed by atoms with van der Waals surface area (Å²) in [6.07, 6.45) is 2.40. The van der Waals surface area contributed by atoms with Gasteiger partial charge in [0.25, 0.3) is 0 Å². The van der Waals surface area contributed by atoms with Crippen LogP contribution in [0.5, 0.6) is 0 Å². The van der Waals surface area contributed by atoms with Gasteiger partial charge in [0.2, 0.25) is 10.0 Å². The van der Waals surface area contributed by atoms with Crippen LogP contribution in [0.2, 0.25) is 0 Å². The summed E-state index contributed by atoms with van der Waals surface area (Å²) in [6, 6.07) is 6.54. The highest BCUT2D eigenvalue weighted by molar-refractivity contribution is 7.89. The van der Waals surface area contributed by atoms with Crippen molar-refractivity contribution in [1.29, 1.82) is 0 Å². The van der Waals surface area contributed by atoms with Gasteiger partial charge in [-0.3, -0.25) is 0 Å². The van der Waals surface area contributed by atoms with Crippen LogP contribution in [-0.4, -0.2) is 20.0 Å². The van der Waals surface area contributed by atoms with E-state index >= 15 is 0 Å². The van der Waals surface area contributed by atoms with Crippen LogP contribution in [0.15, 0.2) is 29.2 Å². The molecule has 1 aliphatic carbocycles. The van der Waals surface area contributed by atoms with E-state index in [0.29, 0.717) is 23.9 Å². The maximum absolute atomic E-state index is 12.3. The van der Waals surface area contributed by atoms with Crippen molar-refractivity contribution in [3.63, 3.8) is 0 Å². The molecule has 104 valence electrons. The molecular formula is C13H18N2O2S2. The van der Waals surface area contributed by atoms with E-state index in [9.17, 15) is 8.42 Å². The molecule has 0 heterocycles. The van der Waals surface area contributed by atoms with Crippen LogP contribution < -0.4 is 10.5 Å². The molecule has 1 atom stereocenters. The molecule has 0 amide bonds. The lowest BCUT2D eigenvalue weighted by Crippen LogP contribution is -2.30. The highest BCUT2D eigenvalue weighted by Gasteiger charge is 2.29. The normalized spacial score (nSPS) is 17.1. The number of hydrogen-bond donors (Lipinski definition) is 2. The Morgan fingerprint density at radius 1 is 1.47 bits per heavy atom. The Balaban J connectivity index is 2.16. The molecule has 6 heteroatoms. The summed E-state index contributed by atoms with van der Waals surface area (Å²) in [5.41, 5.74) is 5.96. The Bertz CT molecular complexity index is 580. The Hall–Kier alpha value is -0.980. The van der Waals surface area contributed by atoms with Crippen LogP contribution in [-0.2, 0) is 10.0 Å². The van der Waals surface area contributed by atoms with Crippen molar-refractivity contribution < 1.29 is 8.42 Å². The van der Waals surface area contributed by atoms with E-state index in [1.165, 1.54) is 18.9 Å². The summed E-state index contributed by atoms with van der Waals surface area (Å²) >= 11 is 4.89. The average molecular weight is 298 g/mol. The minimum Gasteiger partial charge on any atom is -0.389 e. The molecule has 2 rings (SSSR count). The van der Waals surface area contributed by atoms with Crippen LogP contribution in [0.1, 0.15) is 25.3 Å². The molecule has 0 saturated heterocycles. The molecule has 0 aliphatic heterocycles. The molecule has 1 aromatic carbocycles. The first-order valence-corrected chi connectivity index (χ1v) is 8.19. The standard InChI is InChI=1S/C13H18N2O2S2/c1-9(10-6-7-10)8-15-19(16,17)12-5-3-2-4-11(12)13(14)18/h2-5,9-10,15H,6-8H2,1H3,(H2,14,18). The van der Waals surface area contributed by atoms with Crippen LogP contribution in [0.3, 0.4) is 0 Å². The van der Waals surface area contributed by atoms with E-state index in [1.807, 2.05) is 0 Å². The first-order chi connectivity index (χ1) is 8.92. The maximum atomic E-state index is 12.3. The van der Waals surface area contributed by atoms with Crippen molar-refractivity contribution in [3.05, 3.63) is 29.8 Å². The van der Waals surface area contributed by atoms with Gasteiger partial charge < -0.3 is 5.73 Å². The lowest BCUT2D eigenvalue weighted by Gasteiger charge is -2.14. The van der Waals surface area contributed by atoms with Gasteiger partial charge in [0.05, 0.1) is 4.90 Å². The molecule has 4 nitrogen and oxygen atoms in total. The molecule has 0 aromatic heterocycles. The van der Waals surface area contributed by atoms with Crippen molar-refractivity contribution in [1.82, 2.24) is 4.72 Å². The lowest BCUT2D eigenvalue weighted by molar-refractivity contribution is 0.492. The summed E-state index contributed by atoms with van der Waals surface area (Å²) in [5, 5.41) is 0. The third kappa shape index (κ3) is 3.52. The van der Waals surface area contributed by atoms with E-state index in [1.54, 1.807) is 18.2 Å². The Labute approximate surface area is 119 Å². The third-order valence-corrected chi connectivity index (χ3v) is 5.17. The number of benzene rings is 1. The van der Waals surface area contributed by atoms with Gasteiger partial charge in [-0.05, 0) is 30.7 Å². The molecule has 1 saturated carbocycles. The third-order valence-electron chi connectivity index (χ3n) is 3.46. The Kier molecular flexibility index (Phi) is 4.23. The van der Waals surface area contributed by atoms with Gasteiger partial charge in [-0.1, -0.05) is 37.3 Å². The van der Waals surface area contributed by atoms with Gasteiger partial charge in [0, 0.05) is 12.1 Å². The Morgan fingerprint density at radius 2 is 2.11 bits per heavy atom. The fourth-order valence-corrected chi connectivity index (χ4v) is 3.66. The molecule has 0 radical (unpaired) electrons. The van der Waals surface area contributed by atoms with Gasteiger partial charge in [0.1, 0.15) is 4.99 Å². The van der Waals surface area contributed by atoms with Crippen molar-refractivity contribution in [3.8, 4) is 0 Å². The molecule has 1 aliphatic rings. The van der Waals surface area contributed by atoms with Gasteiger partial charge in [-0.25, -0.2) is 13.1 Å². The zero-order chi connectivity index (χ0) is 14.0. The van der Waals surface area contributed by atoms with Crippen molar-refractivity contribution >= 4 is 27.2 Å². The maximum Gasteiger partial charge on any atom is 0.241 e. The van der Waals surface area contributed by atoms with Gasteiger partial charge in [-0.2, -0.15) is 0 Å². The smallest absolute Gasteiger partial charge is 0.241 e. The molecule has 3 N–H and O–H groups in total. The quantitative estimate of drug-likeness (QED) is 0.783. The molecule has 1 fully saturated rings. The SMILES string of the molecule is CC(CNS(=O)(=O)c1ccccc1C(N)=S)C1CC1. The fraction of sp³-hybridized carbons (Fsp3) is 0.462. The molecule has 19 heavy (non-hydrogen) atoms. The average Bonchev–Trinajstić information content (AvgIpc) is 3.20. The summed E-state index contributed by atoms with van der Waals surface area (Å²) in [5.74, 6) is 1.03. The minimum absolute atomic E-state index is 0.0937. The molecule has 1 unspecified atom stereocenters. The second-order valence-electron chi connectivity index (χ2n) is 5.03. The van der Waals surface area contributed by atoms with Crippen molar-refractivity contribution in [2.75, 3.05) is 6.54 Å². The Morgan fingerprint density at radius 3 is 2.68 bits per heavy atom. The predicted molar refractivity (Wildman–Crippen MR) is 79.4 cm³/mol. The van der Waals surface area contributed by atoms with Gasteiger partial charge >= 0.3 is 0 Å². The molecular weight excluding hydrogens is 280 g/mol. The van der Waals surface area contributed by atoms with Crippen LogP contribution >= 0.6 is 12.2 Å². The number of hydrogen-bond acceptors (Lipinski definition) is 3. The monoisotopic (exact) mass is 298 g/mol. The summed E-state index contributed by atoms with van der Waals surface area (Å²) in [7, 11) is -3.55. The van der Waals surface area contributed by atoms with E-state index in [2.05, 4.69) is 11.6 Å². The second-order valence-corrected chi connectivity index (χ2v) is 7.20. The minimum atomic E-state index is -3.55. The number of nitrogens with two attached hydrogens (primary N) is 1. The summed E-state index contributed by atoms with van der Waals surface area (Å²) in [6.45, 7) is 2.53. The van der Waals surface area contributed by atoms with E-state index in [4.69, 9.17) is 18.0 Å². The molecule has 1 aromatic rings. The summed E-state index contributed by atoms with van der Waals surface area (Å²) in [4.78, 5) is 0.252.